The first kappa shape index (κ1) is 16.5. The Hall–Kier alpha value is -1.36. The van der Waals surface area contributed by atoms with Gasteiger partial charge in [-0.2, -0.15) is 0 Å². The molecule has 0 unspecified atom stereocenters. The predicted molar refractivity (Wildman–Crippen MR) is 85.8 cm³/mol. The zero-order valence-electron chi connectivity index (χ0n) is 14.2. The Morgan fingerprint density at radius 1 is 0.826 bits per heavy atom. The minimum atomic E-state index is -0.324. The van der Waals surface area contributed by atoms with Crippen LogP contribution in [0.2, 0.25) is 0 Å². The molecule has 1 aliphatic heterocycles. The van der Waals surface area contributed by atoms with Crippen LogP contribution in [0.15, 0.2) is 11.1 Å². The van der Waals surface area contributed by atoms with Gasteiger partial charge in [-0.1, -0.05) is 17.6 Å². The van der Waals surface area contributed by atoms with E-state index in [4.69, 9.17) is 9.47 Å². The highest BCUT2D eigenvalue weighted by molar-refractivity contribution is 5.67. The highest BCUT2D eigenvalue weighted by atomic mass is 16.6. The van der Waals surface area contributed by atoms with E-state index >= 15 is 0 Å². The van der Waals surface area contributed by atoms with Crippen LogP contribution in [-0.2, 0) is 19.1 Å². The standard InChI is InChI=1S/C18H27NO4/c1-12(20)22-17-10-14-8-16(19-6-4-3-5-7-19)9-15(14)11-18(17)23-13(2)21/h16-18H,3-11H2,1-2H3/t17-,18-/m0/s1. The minimum Gasteiger partial charge on any atom is -0.458 e. The topological polar surface area (TPSA) is 55.8 Å². The third-order valence-corrected chi connectivity index (χ3v) is 5.32. The summed E-state index contributed by atoms with van der Waals surface area (Å²) in [5.41, 5.74) is 2.85. The number of carbonyl (C=O) groups is 2. The van der Waals surface area contributed by atoms with E-state index in [2.05, 4.69) is 4.90 Å². The first-order valence-corrected chi connectivity index (χ1v) is 8.81. The second kappa shape index (κ2) is 7.04. The molecule has 2 aliphatic carbocycles. The lowest BCUT2D eigenvalue weighted by Gasteiger charge is -2.32. The van der Waals surface area contributed by atoms with Crippen LogP contribution in [0.1, 0.15) is 58.8 Å². The van der Waals surface area contributed by atoms with E-state index in [1.807, 2.05) is 0 Å². The van der Waals surface area contributed by atoms with E-state index in [0.29, 0.717) is 6.04 Å². The van der Waals surface area contributed by atoms with Crippen molar-refractivity contribution in [3.05, 3.63) is 11.1 Å². The van der Waals surface area contributed by atoms with Crippen molar-refractivity contribution in [2.24, 2.45) is 0 Å². The Morgan fingerprint density at radius 2 is 1.30 bits per heavy atom. The Balaban J connectivity index is 1.67. The van der Waals surface area contributed by atoms with Crippen LogP contribution in [0.5, 0.6) is 0 Å². The van der Waals surface area contributed by atoms with Crippen LogP contribution in [0.25, 0.3) is 0 Å². The summed E-state index contributed by atoms with van der Waals surface area (Å²) in [6.45, 7) is 5.23. The Bertz CT molecular complexity index is 471. The van der Waals surface area contributed by atoms with Gasteiger partial charge in [0.15, 0.2) is 0 Å². The maximum absolute atomic E-state index is 11.4. The number of ether oxygens (including phenoxy) is 2. The number of hydrogen-bond acceptors (Lipinski definition) is 5. The van der Waals surface area contributed by atoms with Crippen molar-refractivity contribution < 1.29 is 19.1 Å². The number of rotatable bonds is 3. The number of hydrogen-bond donors (Lipinski definition) is 0. The molecule has 1 saturated heterocycles. The highest BCUT2D eigenvalue weighted by Crippen LogP contribution is 2.41. The Morgan fingerprint density at radius 3 is 1.74 bits per heavy atom. The molecule has 128 valence electrons. The molecule has 0 aromatic rings. The predicted octanol–water partition coefficient (Wildman–Crippen LogP) is 2.59. The van der Waals surface area contributed by atoms with Gasteiger partial charge in [-0.05, 0) is 38.8 Å². The molecule has 0 radical (unpaired) electrons. The first-order chi connectivity index (χ1) is 11.0. The molecule has 3 aliphatic rings. The van der Waals surface area contributed by atoms with Crippen LogP contribution in [0.3, 0.4) is 0 Å². The molecule has 5 heteroatoms. The summed E-state index contributed by atoms with van der Waals surface area (Å²) in [6, 6.07) is 0.592. The van der Waals surface area contributed by atoms with E-state index in [1.165, 1.54) is 57.3 Å². The van der Waals surface area contributed by atoms with Gasteiger partial charge in [-0.3, -0.25) is 14.5 Å². The van der Waals surface area contributed by atoms with Crippen molar-refractivity contribution in [1.29, 1.82) is 0 Å². The molecule has 0 bridgehead atoms. The smallest absolute Gasteiger partial charge is 0.303 e. The summed E-state index contributed by atoms with van der Waals surface area (Å²) in [6.07, 6.45) is 6.90. The van der Waals surface area contributed by atoms with Gasteiger partial charge in [0.2, 0.25) is 0 Å². The fourth-order valence-electron chi connectivity index (χ4n) is 4.34. The molecule has 1 fully saturated rings. The number of esters is 2. The van der Waals surface area contributed by atoms with Crippen LogP contribution in [-0.4, -0.2) is 48.2 Å². The molecule has 5 nitrogen and oxygen atoms in total. The number of carbonyl (C=O) groups excluding carboxylic acids is 2. The second-order valence-electron chi connectivity index (χ2n) is 7.07. The number of nitrogens with zero attached hydrogens (tertiary/aromatic N) is 1. The van der Waals surface area contributed by atoms with Gasteiger partial charge in [0.1, 0.15) is 12.2 Å². The normalized spacial score (nSPS) is 29.3. The van der Waals surface area contributed by atoms with Crippen LogP contribution in [0, 0.1) is 0 Å². The molecule has 0 aromatic carbocycles. The van der Waals surface area contributed by atoms with Crippen molar-refractivity contribution in [3.8, 4) is 0 Å². The number of piperidine rings is 1. The lowest BCUT2D eigenvalue weighted by molar-refractivity contribution is -0.165. The van der Waals surface area contributed by atoms with Gasteiger partial charge in [-0.15, -0.1) is 0 Å². The third-order valence-electron chi connectivity index (χ3n) is 5.32. The number of likely N-dealkylation sites (tertiary alicyclic amines) is 1. The SMILES string of the molecule is CC(=O)O[C@H]1CC2=C(CC(N3CCCCC3)C2)C[C@@H]1OC(C)=O. The average molecular weight is 321 g/mol. The second-order valence-corrected chi connectivity index (χ2v) is 7.07. The zero-order valence-corrected chi connectivity index (χ0v) is 14.2. The quantitative estimate of drug-likeness (QED) is 0.591. The van der Waals surface area contributed by atoms with Crippen molar-refractivity contribution in [2.75, 3.05) is 13.1 Å². The first-order valence-electron chi connectivity index (χ1n) is 8.81. The van der Waals surface area contributed by atoms with Crippen molar-refractivity contribution in [3.63, 3.8) is 0 Å². The maximum Gasteiger partial charge on any atom is 0.303 e. The monoisotopic (exact) mass is 321 g/mol. The summed E-state index contributed by atoms with van der Waals surface area (Å²) in [7, 11) is 0. The summed E-state index contributed by atoms with van der Waals surface area (Å²) < 4.78 is 10.9. The van der Waals surface area contributed by atoms with E-state index in [0.717, 1.165) is 25.7 Å². The highest BCUT2D eigenvalue weighted by Gasteiger charge is 2.39. The summed E-state index contributed by atoms with van der Waals surface area (Å²) in [5, 5.41) is 0. The summed E-state index contributed by atoms with van der Waals surface area (Å²) in [4.78, 5) is 25.3. The summed E-state index contributed by atoms with van der Waals surface area (Å²) >= 11 is 0. The van der Waals surface area contributed by atoms with Crippen LogP contribution >= 0.6 is 0 Å². The minimum absolute atomic E-state index is 0.304. The lowest BCUT2D eigenvalue weighted by Crippen LogP contribution is -2.38. The van der Waals surface area contributed by atoms with Crippen molar-refractivity contribution >= 4 is 11.9 Å². The van der Waals surface area contributed by atoms with Crippen molar-refractivity contribution in [2.45, 2.75) is 77.0 Å². The van der Waals surface area contributed by atoms with Gasteiger partial charge in [0.25, 0.3) is 0 Å². The van der Waals surface area contributed by atoms with Gasteiger partial charge in [0.05, 0.1) is 0 Å². The molecule has 0 saturated carbocycles. The Kier molecular flexibility index (Phi) is 5.05. The fraction of sp³-hybridized carbons (Fsp3) is 0.778. The van der Waals surface area contributed by atoms with Crippen LogP contribution < -0.4 is 0 Å². The van der Waals surface area contributed by atoms with Gasteiger partial charge < -0.3 is 9.47 Å². The average Bonchev–Trinajstić information content (AvgIpc) is 2.90. The molecule has 23 heavy (non-hydrogen) atoms. The largest absolute Gasteiger partial charge is 0.458 e. The molecule has 0 amide bonds. The van der Waals surface area contributed by atoms with E-state index in [9.17, 15) is 9.59 Å². The third kappa shape index (κ3) is 3.94. The van der Waals surface area contributed by atoms with Gasteiger partial charge in [0, 0.05) is 32.7 Å². The van der Waals surface area contributed by atoms with E-state index in [1.54, 1.807) is 0 Å². The molecule has 2 atom stereocenters. The fourth-order valence-corrected chi connectivity index (χ4v) is 4.34. The molecular weight excluding hydrogens is 294 g/mol. The molecule has 3 rings (SSSR count). The van der Waals surface area contributed by atoms with Crippen LogP contribution in [0.4, 0.5) is 0 Å². The summed E-state index contributed by atoms with van der Waals surface area (Å²) in [5.74, 6) is -0.608. The van der Waals surface area contributed by atoms with Gasteiger partial charge >= 0.3 is 11.9 Å². The van der Waals surface area contributed by atoms with E-state index < -0.39 is 0 Å². The maximum atomic E-state index is 11.4. The zero-order chi connectivity index (χ0) is 16.4. The Labute approximate surface area is 138 Å². The molecule has 0 N–H and O–H groups in total. The molecular formula is C18H27NO4. The van der Waals surface area contributed by atoms with Crippen molar-refractivity contribution in [1.82, 2.24) is 4.90 Å². The molecule has 1 heterocycles. The van der Waals surface area contributed by atoms with E-state index in [-0.39, 0.29) is 24.1 Å². The van der Waals surface area contributed by atoms with Gasteiger partial charge in [-0.25, -0.2) is 0 Å². The molecule has 0 aromatic heterocycles. The lowest BCUT2D eigenvalue weighted by atomic mass is 9.89. The molecule has 0 spiro atoms.